The zero-order valence-electron chi connectivity index (χ0n) is 3.13. The molecule has 0 aliphatic rings. The molecule has 0 bridgehead atoms. The van der Waals surface area contributed by atoms with E-state index in [9.17, 15) is 0 Å². The summed E-state index contributed by atoms with van der Waals surface area (Å²) >= 11 is 0. The number of rotatable bonds is 0. The van der Waals surface area contributed by atoms with E-state index in [0.717, 1.165) is 0 Å². The van der Waals surface area contributed by atoms with Gasteiger partial charge < -0.3 is 30.1 Å². The maximum atomic E-state index is 0. The van der Waals surface area contributed by atoms with Gasteiger partial charge >= 0.3 is 21.1 Å². The van der Waals surface area contributed by atoms with E-state index in [1.54, 1.807) is 0 Å². The van der Waals surface area contributed by atoms with E-state index < -0.39 is 0 Å². The minimum Gasteiger partial charge on any atom is -0.693 e. The maximum Gasteiger partial charge on any atom is 4.00 e. The fraction of sp³-hybridized carbons (Fsp3) is 0. The Balaban J connectivity index is 0. The average Bonchev–Trinajstić information content (AvgIpc) is 0. The van der Waals surface area contributed by atoms with E-state index in [2.05, 4.69) is 0 Å². The van der Waals surface area contributed by atoms with Crippen LogP contribution in [0, 0.1) is 0 Å². The Morgan fingerprint density at radius 3 is 0.500 bits per heavy atom. The molecule has 0 aromatic carbocycles. The minimum absolute atomic E-state index is 0. The summed E-state index contributed by atoms with van der Waals surface area (Å²) in [5.41, 5.74) is 0. The van der Waals surface area contributed by atoms with E-state index in [1.165, 1.54) is 0 Å². The Hall–Kier alpha value is 0.488. The third-order valence-corrected chi connectivity index (χ3v) is 0. The largest absolute Gasteiger partial charge is 4.00 e. The van der Waals surface area contributed by atoms with E-state index in [4.69, 9.17) is 0 Å². The molecule has 6 heavy (non-hydrogen) atoms. The van der Waals surface area contributed by atoms with Crippen LogP contribution in [0.3, 0.4) is 0 Å². The topological polar surface area (TPSA) is 166 Å². The third-order valence-electron chi connectivity index (χ3n) is 0. The Morgan fingerprint density at radius 1 is 0.500 bits per heavy atom. The third kappa shape index (κ3) is 229. The molecule has 0 heterocycles. The van der Waals surface area contributed by atoms with Crippen molar-refractivity contribution in [1.82, 2.24) is 0 Å². The molecule has 0 atom stereocenters. The summed E-state index contributed by atoms with van der Waals surface area (Å²) in [7, 11) is 0. The van der Waals surface area contributed by atoms with Crippen LogP contribution >= 0.6 is 0 Å². The van der Waals surface area contributed by atoms with E-state index in [1.807, 2.05) is 0 Å². The average molecular weight is 277 g/mol. The molecule has 0 spiro atoms. The van der Waals surface area contributed by atoms with Gasteiger partial charge in [-0.25, -0.2) is 0 Å². The second kappa shape index (κ2) is 464. The van der Waals surface area contributed by atoms with Crippen LogP contribution in [-0.4, -0.2) is 5.48 Å². The molecule has 0 amide bonds. The molecule has 0 radical (unpaired) electrons. The zero-order chi connectivity index (χ0) is 0. The molecule has 0 rings (SSSR count). The van der Waals surface area contributed by atoms with Crippen molar-refractivity contribution in [3.63, 3.8) is 0 Å². The molecule has 6 heteroatoms. The normalized spacial score (nSPS) is 0. The first kappa shape index (κ1) is 820. The van der Waals surface area contributed by atoms with Crippen molar-refractivity contribution in [1.29, 1.82) is 0 Å². The fourth-order valence-electron chi connectivity index (χ4n) is 0. The number of nitrogens with two attached hydrogens (primary N) is 4. The van der Waals surface area contributed by atoms with Crippen LogP contribution in [0.2, 0.25) is 0 Å². The van der Waals surface area contributed by atoms with Crippen LogP contribution in [0.25, 0.3) is 24.6 Å². The molecular weight excluding hydrogens is 267 g/mol. The van der Waals surface area contributed by atoms with E-state index >= 15 is 0 Å². The van der Waals surface area contributed by atoms with Gasteiger partial charge in [0.05, 0.1) is 0 Å². The zero-order valence-corrected chi connectivity index (χ0v) is 5.40. The monoisotopic (exact) mass is 277 g/mol. The molecule has 0 aromatic heterocycles. The molecule has 0 aliphatic carbocycles. The first-order valence-electron chi connectivity index (χ1n) is 0. The maximum absolute atomic E-state index is 0. The van der Waals surface area contributed by atoms with Gasteiger partial charge in [0.2, 0.25) is 0 Å². The van der Waals surface area contributed by atoms with Gasteiger partial charge in [0.15, 0.2) is 0 Å². The molecule has 0 fully saturated rings. The molecule has 0 unspecified atom stereocenters. The predicted molar refractivity (Wildman–Crippen MR) is 24.8 cm³/mol. The molecule has 5 nitrogen and oxygen atoms in total. The van der Waals surface area contributed by atoms with Crippen molar-refractivity contribution in [2.45, 2.75) is 0 Å². The molecule has 0 saturated heterocycles. The van der Waals surface area contributed by atoms with Gasteiger partial charge in [0.1, 0.15) is 0 Å². The first-order chi connectivity index (χ1) is 0. The summed E-state index contributed by atoms with van der Waals surface area (Å²) in [4.78, 5) is 0. The fourth-order valence-corrected chi connectivity index (χ4v) is 0. The molecule has 0 aromatic rings. The molecule has 0 saturated carbocycles. The van der Waals surface area contributed by atoms with Gasteiger partial charge in [-0.05, 0) is 0 Å². The Labute approximate surface area is 51.8 Å². The van der Waals surface area contributed by atoms with Gasteiger partial charge in [-0.2, -0.15) is 0 Å². The molecule has 10 N–H and O–H groups in total. The Morgan fingerprint density at radius 2 is 0.500 bits per heavy atom. The number of hydrogen-bond donors (Lipinski definition) is 0. The summed E-state index contributed by atoms with van der Waals surface area (Å²) in [5, 5.41) is 0. The van der Waals surface area contributed by atoms with Crippen molar-refractivity contribution >= 4 is 0 Å². The predicted octanol–water partition coefficient (Wildman–Crippen LogP) is 2.04. The molecular formula is H10N4OPt. The minimum atomic E-state index is 0. The van der Waals surface area contributed by atoms with Crippen LogP contribution in [-0.2, 0) is 21.1 Å². The summed E-state index contributed by atoms with van der Waals surface area (Å²) in [6, 6.07) is 0. The van der Waals surface area contributed by atoms with Crippen molar-refractivity contribution < 1.29 is 26.5 Å². The summed E-state index contributed by atoms with van der Waals surface area (Å²) in [6.07, 6.45) is 0. The van der Waals surface area contributed by atoms with Gasteiger partial charge in [-0.15, -0.1) is 0 Å². The van der Waals surface area contributed by atoms with Crippen LogP contribution in [0.4, 0.5) is 0 Å². The Bertz CT molecular complexity index is 7.51. The van der Waals surface area contributed by atoms with Gasteiger partial charge in [0, 0.05) is 0 Å². The standard InChI is InChI=1S/4H2N.H2O.Pt/h5*1H2;/q4*-1;;+4. The van der Waals surface area contributed by atoms with E-state index in [-0.39, 0.29) is 51.1 Å². The number of hydrogen-bond acceptors (Lipinski definition) is 0. The van der Waals surface area contributed by atoms with Crippen LogP contribution < -0.4 is 0 Å². The molecule has 46 valence electrons. The molecule has 0 aliphatic heterocycles. The van der Waals surface area contributed by atoms with E-state index in [0.29, 0.717) is 0 Å². The van der Waals surface area contributed by atoms with Crippen molar-refractivity contribution in [3.8, 4) is 0 Å². The summed E-state index contributed by atoms with van der Waals surface area (Å²) < 4.78 is 0. The second-order valence-corrected chi connectivity index (χ2v) is 0. The summed E-state index contributed by atoms with van der Waals surface area (Å²) in [6.45, 7) is 0. The van der Waals surface area contributed by atoms with Gasteiger partial charge in [0.25, 0.3) is 0 Å². The van der Waals surface area contributed by atoms with Crippen LogP contribution in [0.5, 0.6) is 0 Å². The SMILES string of the molecule is O.[NH2-].[NH2-].[NH2-].[NH2-].[Pt+4]. The van der Waals surface area contributed by atoms with Crippen molar-refractivity contribution in [2.75, 3.05) is 0 Å². The quantitative estimate of drug-likeness (QED) is 0.632. The van der Waals surface area contributed by atoms with Crippen molar-refractivity contribution in [3.05, 3.63) is 24.6 Å². The smallest absolute Gasteiger partial charge is 0.693 e. The van der Waals surface area contributed by atoms with Crippen molar-refractivity contribution in [2.24, 2.45) is 0 Å². The Kier molecular flexibility index (Phi) is 63300. The van der Waals surface area contributed by atoms with Gasteiger partial charge in [-0.3, -0.25) is 0 Å². The van der Waals surface area contributed by atoms with Crippen LogP contribution in [0.15, 0.2) is 0 Å². The second-order valence-electron chi connectivity index (χ2n) is 0. The summed E-state index contributed by atoms with van der Waals surface area (Å²) in [5.74, 6) is 0. The van der Waals surface area contributed by atoms with Gasteiger partial charge in [-0.1, -0.05) is 0 Å². The first-order valence-corrected chi connectivity index (χ1v) is 0. The van der Waals surface area contributed by atoms with Crippen LogP contribution in [0.1, 0.15) is 0 Å².